The zero-order chi connectivity index (χ0) is 13.8. The zero-order valence-electron chi connectivity index (χ0n) is 10.5. The third-order valence-corrected chi connectivity index (χ3v) is 3.74. The Morgan fingerprint density at radius 2 is 2.11 bits per heavy atom. The largest absolute Gasteiger partial charge is 0.480 e. The molecule has 19 heavy (non-hydrogen) atoms. The summed E-state index contributed by atoms with van der Waals surface area (Å²) in [6, 6.07) is 7.71. The van der Waals surface area contributed by atoms with Gasteiger partial charge in [-0.25, -0.2) is 4.98 Å². The molecule has 0 fully saturated rings. The summed E-state index contributed by atoms with van der Waals surface area (Å²) in [5.74, 6) is -0.895. The van der Waals surface area contributed by atoms with Crippen molar-refractivity contribution in [2.75, 3.05) is 17.6 Å². The van der Waals surface area contributed by atoms with Crippen LogP contribution in [-0.2, 0) is 11.2 Å². The molecule has 0 bridgehead atoms. The molecule has 2 aromatic rings. The standard InChI is InChI=1S/C13H15N3O2S/c1-8-11(6-9-2-4-10(14)5-3-9)19-13(16-8)15-7-12(17)18/h2-5H,6-7,14H2,1H3,(H,15,16)(H,17,18). The van der Waals surface area contributed by atoms with Gasteiger partial charge in [-0.3, -0.25) is 4.79 Å². The molecule has 5 nitrogen and oxygen atoms in total. The van der Waals surface area contributed by atoms with E-state index >= 15 is 0 Å². The highest BCUT2D eigenvalue weighted by atomic mass is 32.1. The van der Waals surface area contributed by atoms with Gasteiger partial charge in [-0.15, -0.1) is 11.3 Å². The molecule has 0 unspecified atom stereocenters. The van der Waals surface area contributed by atoms with Gasteiger partial charge >= 0.3 is 5.97 Å². The van der Waals surface area contributed by atoms with Gasteiger partial charge in [-0.2, -0.15) is 0 Å². The number of nitrogens with zero attached hydrogens (tertiary/aromatic N) is 1. The van der Waals surface area contributed by atoms with Gasteiger partial charge in [0.15, 0.2) is 5.13 Å². The minimum atomic E-state index is -0.895. The summed E-state index contributed by atoms with van der Waals surface area (Å²) in [6.07, 6.45) is 0.776. The second-order valence-electron chi connectivity index (χ2n) is 4.19. The summed E-state index contributed by atoms with van der Waals surface area (Å²) >= 11 is 1.48. The number of anilines is 2. The molecule has 0 aliphatic heterocycles. The Hall–Kier alpha value is -2.08. The summed E-state index contributed by atoms with van der Waals surface area (Å²) in [7, 11) is 0. The van der Waals surface area contributed by atoms with Gasteiger partial charge in [0.1, 0.15) is 6.54 Å². The third kappa shape index (κ3) is 3.69. The summed E-state index contributed by atoms with van der Waals surface area (Å²) in [4.78, 5) is 15.9. The first-order valence-electron chi connectivity index (χ1n) is 5.81. The number of aromatic nitrogens is 1. The molecule has 100 valence electrons. The number of thiazole rings is 1. The van der Waals surface area contributed by atoms with Crippen LogP contribution in [0.15, 0.2) is 24.3 Å². The maximum atomic E-state index is 10.5. The third-order valence-electron chi connectivity index (χ3n) is 2.63. The second-order valence-corrected chi connectivity index (χ2v) is 5.28. The molecule has 0 aliphatic carbocycles. The van der Waals surface area contributed by atoms with Gasteiger partial charge in [-0.1, -0.05) is 12.1 Å². The van der Waals surface area contributed by atoms with Crippen LogP contribution in [0.1, 0.15) is 16.1 Å². The summed E-state index contributed by atoms with van der Waals surface area (Å²) in [5.41, 5.74) is 8.47. The van der Waals surface area contributed by atoms with Gasteiger partial charge in [0.2, 0.25) is 0 Å². The summed E-state index contributed by atoms with van der Waals surface area (Å²) < 4.78 is 0. The number of rotatable bonds is 5. The van der Waals surface area contributed by atoms with E-state index in [1.165, 1.54) is 11.3 Å². The highest BCUT2D eigenvalue weighted by molar-refractivity contribution is 7.15. The molecule has 2 rings (SSSR count). The Kier molecular flexibility index (Phi) is 4.01. The van der Waals surface area contributed by atoms with Crippen molar-refractivity contribution in [3.05, 3.63) is 40.4 Å². The summed E-state index contributed by atoms with van der Waals surface area (Å²) in [5, 5.41) is 12.0. The molecular weight excluding hydrogens is 262 g/mol. The predicted molar refractivity (Wildman–Crippen MR) is 76.6 cm³/mol. The number of nitrogens with one attached hydrogen (secondary N) is 1. The fourth-order valence-corrected chi connectivity index (χ4v) is 2.63. The molecule has 0 atom stereocenters. The molecule has 1 aromatic heterocycles. The number of carbonyl (C=O) groups is 1. The SMILES string of the molecule is Cc1nc(NCC(=O)O)sc1Cc1ccc(N)cc1. The van der Waals surface area contributed by atoms with E-state index in [1.807, 2.05) is 31.2 Å². The van der Waals surface area contributed by atoms with Gasteiger partial charge in [0.25, 0.3) is 0 Å². The van der Waals surface area contributed by atoms with Crippen molar-refractivity contribution in [2.45, 2.75) is 13.3 Å². The molecule has 0 aliphatic rings. The van der Waals surface area contributed by atoms with E-state index in [9.17, 15) is 4.79 Å². The highest BCUT2D eigenvalue weighted by Gasteiger charge is 2.09. The van der Waals surface area contributed by atoms with Gasteiger partial charge in [0.05, 0.1) is 5.69 Å². The van der Waals surface area contributed by atoms with Crippen molar-refractivity contribution in [3.63, 3.8) is 0 Å². The minimum Gasteiger partial charge on any atom is -0.480 e. The quantitative estimate of drug-likeness (QED) is 0.729. The normalized spacial score (nSPS) is 10.4. The van der Waals surface area contributed by atoms with E-state index < -0.39 is 5.97 Å². The Labute approximate surface area is 115 Å². The number of aryl methyl sites for hydroxylation is 1. The van der Waals surface area contributed by atoms with E-state index in [0.29, 0.717) is 5.13 Å². The van der Waals surface area contributed by atoms with E-state index in [4.69, 9.17) is 10.8 Å². The molecule has 0 saturated carbocycles. The number of carboxylic acid groups (broad SMARTS) is 1. The first kappa shape index (κ1) is 13.4. The molecule has 0 spiro atoms. The molecule has 1 heterocycles. The van der Waals surface area contributed by atoms with Crippen LogP contribution in [-0.4, -0.2) is 22.6 Å². The van der Waals surface area contributed by atoms with Crippen LogP contribution in [0, 0.1) is 6.92 Å². The van der Waals surface area contributed by atoms with Crippen LogP contribution >= 0.6 is 11.3 Å². The minimum absolute atomic E-state index is 0.117. The Morgan fingerprint density at radius 3 is 2.74 bits per heavy atom. The molecule has 6 heteroatoms. The number of benzene rings is 1. The maximum absolute atomic E-state index is 10.5. The van der Waals surface area contributed by atoms with Crippen molar-refractivity contribution < 1.29 is 9.90 Å². The van der Waals surface area contributed by atoms with Crippen molar-refractivity contribution in [2.24, 2.45) is 0 Å². The lowest BCUT2D eigenvalue weighted by atomic mass is 10.1. The summed E-state index contributed by atoms with van der Waals surface area (Å²) in [6.45, 7) is 1.81. The van der Waals surface area contributed by atoms with E-state index in [0.717, 1.165) is 28.2 Å². The smallest absolute Gasteiger partial charge is 0.322 e. The lowest BCUT2D eigenvalue weighted by molar-refractivity contribution is -0.134. The van der Waals surface area contributed by atoms with Crippen LogP contribution in [0.25, 0.3) is 0 Å². The fourth-order valence-electron chi connectivity index (χ4n) is 1.64. The number of nitrogen functional groups attached to an aromatic ring is 1. The number of nitrogens with two attached hydrogens (primary N) is 1. The molecule has 4 N–H and O–H groups in total. The topological polar surface area (TPSA) is 88.2 Å². The number of hydrogen-bond acceptors (Lipinski definition) is 5. The fraction of sp³-hybridized carbons (Fsp3) is 0.231. The van der Waals surface area contributed by atoms with Crippen LogP contribution in [0.4, 0.5) is 10.8 Å². The molecule has 0 saturated heterocycles. The molecule has 1 aromatic carbocycles. The molecular formula is C13H15N3O2S. The second kappa shape index (κ2) is 5.71. The Balaban J connectivity index is 2.08. The van der Waals surface area contributed by atoms with Crippen LogP contribution in [0.3, 0.4) is 0 Å². The predicted octanol–water partition coefficient (Wildman–Crippen LogP) is 2.12. The van der Waals surface area contributed by atoms with Crippen LogP contribution < -0.4 is 11.1 Å². The first-order valence-corrected chi connectivity index (χ1v) is 6.62. The van der Waals surface area contributed by atoms with Crippen molar-refractivity contribution in [3.8, 4) is 0 Å². The lowest BCUT2D eigenvalue weighted by Crippen LogP contribution is -2.11. The number of carboxylic acids is 1. The monoisotopic (exact) mass is 277 g/mol. The molecule has 0 amide bonds. The van der Waals surface area contributed by atoms with Crippen LogP contribution in [0.5, 0.6) is 0 Å². The van der Waals surface area contributed by atoms with Crippen molar-refractivity contribution in [1.29, 1.82) is 0 Å². The zero-order valence-corrected chi connectivity index (χ0v) is 11.3. The van der Waals surface area contributed by atoms with Crippen molar-refractivity contribution in [1.82, 2.24) is 4.98 Å². The van der Waals surface area contributed by atoms with Crippen LogP contribution in [0.2, 0.25) is 0 Å². The van der Waals surface area contributed by atoms with Crippen molar-refractivity contribution >= 4 is 28.1 Å². The number of aliphatic carboxylic acids is 1. The Morgan fingerprint density at radius 1 is 1.42 bits per heavy atom. The lowest BCUT2D eigenvalue weighted by Gasteiger charge is -2.00. The van der Waals surface area contributed by atoms with E-state index in [1.54, 1.807) is 0 Å². The maximum Gasteiger partial charge on any atom is 0.322 e. The average molecular weight is 277 g/mol. The van der Waals surface area contributed by atoms with Gasteiger partial charge in [0, 0.05) is 17.0 Å². The molecule has 0 radical (unpaired) electrons. The Bertz CT molecular complexity index is 578. The average Bonchev–Trinajstić information content (AvgIpc) is 2.71. The van der Waals surface area contributed by atoms with Gasteiger partial charge < -0.3 is 16.2 Å². The van der Waals surface area contributed by atoms with E-state index in [2.05, 4.69) is 10.3 Å². The first-order chi connectivity index (χ1) is 9.04. The highest BCUT2D eigenvalue weighted by Crippen LogP contribution is 2.25. The van der Waals surface area contributed by atoms with Gasteiger partial charge in [-0.05, 0) is 24.6 Å². The number of hydrogen-bond donors (Lipinski definition) is 3. The van der Waals surface area contributed by atoms with E-state index in [-0.39, 0.29) is 6.54 Å².